The van der Waals surface area contributed by atoms with Crippen molar-refractivity contribution in [3.63, 3.8) is 0 Å². The van der Waals surface area contributed by atoms with Crippen molar-refractivity contribution < 1.29 is 16.8 Å². The molecule has 0 saturated heterocycles. The second-order valence-corrected chi connectivity index (χ2v) is 11.9. The van der Waals surface area contributed by atoms with Gasteiger partial charge in [-0.1, -0.05) is 29.8 Å². The molecule has 0 unspecified atom stereocenters. The van der Waals surface area contributed by atoms with Crippen LogP contribution in [-0.4, -0.2) is 23.4 Å². The van der Waals surface area contributed by atoms with Gasteiger partial charge in [0.25, 0.3) is 0 Å². The summed E-state index contributed by atoms with van der Waals surface area (Å²) in [5.74, 6) is 0. The zero-order chi connectivity index (χ0) is 21.2. The lowest BCUT2D eigenvalue weighted by molar-refractivity contribution is 0.569. The van der Waals surface area contributed by atoms with Gasteiger partial charge in [-0.25, -0.2) is 21.6 Å². The molecule has 1 aromatic heterocycles. The molecule has 154 valence electrons. The minimum absolute atomic E-state index is 0.0891. The summed E-state index contributed by atoms with van der Waals surface area (Å²) in [5.41, 5.74) is 1.40. The van der Waals surface area contributed by atoms with Gasteiger partial charge in [-0.15, -0.1) is 11.3 Å². The van der Waals surface area contributed by atoms with Gasteiger partial charge in [0.15, 0.2) is 9.84 Å². The second-order valence-electron chi connectivity index (χ2n) is 6.62. The summed E-state index contributed by atoms with van der Waals surface area (Å²) in [7, 11) is -7.72. The van der Waals surface area contributed by atoms with E-state index in [-0.39, 0.29) is 16.3 Å². The third-order valence-corrected chi connectivity index (χ3v) is 9.52. The van der Waals surface area contributed by atoms with E-state index < -0.39 is 25.1 Å². The molecule has 0 spiro atoms. The highest BCUT2D eigenvalue weighted by Crippen LogP contribution is 2.32. The number of thiophene rings is 1. The fourth-order valence-electron chi connectivity index (χ4n) is 2.89. The summed E-state index contributed by atoms with van der Waals surface area (Å²) in [6.07, 6.45) is 0. The zero-order valence-electron chi connectivity index (χ0n) is 15.8. The summed E-state index contributed by atoms with van der Waals surface area (Å²) >= 11 is 7.14. The molecule has 0 aliphatic carbocycles. The third-order valence-electron chi connectivity index (χ3n) is 4.47. The highest BCUT2D eigenvalue weighted by atomic mass is 35.5. The van der Waals surface area contributed by atoms with Crippen LogP contribution < -0.4 is 4.72 Å². The maximum atomic E-state index is 13.2. The van der Waals surface area contributed by atoms with Crippen LogP contribution in [0.1, 0.15) is 21.3 Å². The molecule has 0 radical (unpaired) electrons. The Morgan fingerprint density at radius 2 is 1.69 bits per heavy atom. The van der Waals surface area contributed by atoms with Crippen molar-refractivity contribution in [2.75, 3.05) is 6.54 Å². The summed E-state index contributed by atoms with van der Waals surface area (Å²) in [6.45, 7) is 3.23. The van der Waals surface area contributed by atoms with Gasteiger partial charge in [-0.05, 0) is 66.8 Å². The number of aryl methyl sites for hydroxylation is 2. The Bertz CT molecular complexity index is 1200. The predicted octanol–water partition coefficient (Wildman–Crippen LogP) is 4.51. The van der Waals surface area contributed by atoms with Crippen LogP contribution in [0.5, 0.6) is 0 Å². The minimum atomic E-state index is -3.88. The number of sulfone groups is 1. The second kappa shape index (κ2) is 8.57. The lowest BCUT2D eigenvalue weighted by Gasteiger charge is -2.18. The number of sulfonamides is 1. The standard InChI is InChI=1S/C20H20ClNO4S3/c1-14-5-6-15(2)19(12-14)29(25,26)22-13-20(18-4-3-11-27-18)28(23,24)17-9-7-16(21)8-10-17/h3-12,20,22H,13H2,1-2H3/t20-/m1/s1. The minimum Gasteiger partial charge on any atom is -0.223 e. The molecule has 0 aliphatic heterocycles. The Labute approximate surface area is 180 Å². The van der Waals surface area contributed by atoms with Gasteiger partial charge in [0.05, 0.1) is 9.79 Å². The molecule has 0 bridgehead atoms. The summed E-state index contributed by atoms with van der Waals surface area (Å²) in [4.78, 5) is 0.793. The maximum absolute atomic E-state index is 13.2. The zero-order valence-corrected chi connectivity index (χ0v) is 19.0. The molecule has 9 heteroatoms. The van der Waals surface area contributed by atoms with E-state index >= 15 is 0 Å². The van der Waals surface area contributed by atoms with Crippen molar-refractivity contribution in [2.24, 2.45) is 0 Å². The van der Waals surface area contributed by atoms with Crippen LogP contribution >= 0.6 is 22.9 Å². The molecule has 0 amide bonds. The first kappa shape index (κ1) is 22.0. The summed E-state index contributed by atoms with van der Waals surface area (Å²) in [5, 5.41) is 1.13. The Kier molecular flexibility index (Phi) is 6.50. The number of hydrogen-bond acceptors (Lipinski definition) is 5. The largest absolute Gasteiger partial charge is 0.240 e. The Hall–Kier alpha value is -1.71. The fourth-order valence-corrected chi connectivity index (χ4v) is 7.28. The third kappa shape index (κ3) is 4.90. The van der Waals surface area contributed by atoms with Gasteiger partial charge in [-0.2, -0.15) is 0 Å². The van der Waals surface area contributed by atoms with E-state index in [4.69, 9.17) is 11.6 Å². The highest BCUT2D eigenvalue weighted by molar-refractivity contribution is 7.92. The molecule has 29 heavy (non-hydrogen) atoms. The smallest absolute Gasteiger partial charge is 0.223 e. The first-order valence-corrected chi connectivity index (χ1v) is 13.0. The summed E-state index contributed by atoms with van der Waals surface area (Å²) < 4.78 is 54.7. The lowest BCUT2D eigenvalue weighted by atomic mass is 10.2. The SMILES string of the molecule is Cc1ccc(C)c(S(=O)(=O)NC[C@H](c2cccs2)S(=O)(=O)c2ccc(Cl)cc2)c1. The number of benzene rings is 2. The van der Waals surface area contributed by atoms with E-state index in [1.807, 2.05) is 6.07 Å². The molecular formula is C20H20ClNO4S3. The molecule has 0 aliphatic rings. The van der Waals surface area contributed by atoms with Crippen LogP contribution in [0.3, 0.4) is 0 Å². The van der Waals surface area contributed by atoms with Gasteiger partial charge in [0.2, 0.25) is 10.0 Å². The molecular weight excluding hydrogens is 450 g/mol. The van der Waals surface area contributed by atoms with Crippen LogP contribution in [0.15, 0.2) is 69.8 Å². The van der Waals surface area contributed by atoms with Crippen molar-refractivity contribution in [2.45, 2.75) is 28.9 Å². The highest BCUT2D eigenvalue weighted by Gasteiger charge is 2.32. The topological polar surface area (TPSA) is 80.3 Å². The number of rotatable bonds is 7. The van der Waals surface area contributed by atoms with E-state index in [9.17, 15) is 16.8 Å². The number of hydrogen-bond donors (Lipinski definition) is 1. The monoisotopic (exact) mass is 469 g/mol. The number of nitrogens with one attached hydrogen (secondary N) is 1. The molecule has 2 aromatic carbocycles. The molecule has 3 rings (SSSR count). The number of halogens is 1. The first-order valence-electron chi connectivity index (χ1n) is 8.71. The molecule has 0 fully saturated rings. The average molecular weight is 470 g/mol. The van der Waals surface area contributed by atoms with Gasteiger partial charge in [-0.3, -0.25) is 0 Å². The lowest BCUT2D eigenvalue weighted by Crippen LogP contribution is -2.32. The van der Waals surface area contributed by atoms with Crippen LogP contribution in [0, 0.1) is 13.8 Å². The average Bonchev–Trinajstić information content (AvgIpc) is 3.18. The van der Waals surface area contributed by atoms with E-state index in [1.165, 1.54) is 35.6 Å². The molecule has 1 heterocycles. The van der Waals surface area contributed by atoms with Gasteiger partial charge < -0.3 is 0 Å². The molecule has 3 aromatic rings. The normalized spacial score (nSPS) is 13.3. The van der Waals surface area contributed by atoms with E-state index in [2.05, 4.69) is 4.72 Å². The maximum Gasteiger partial charge on any atom is 0.240 e. The van der Waals surface area contributed by atoms with E-state index in [1.54, 1.807) is 43.5 Å². The molecule has 1 atom stereocenters. The van der Waals surface area contributed by atoms with Crippen molar-refractivity contribution in [1.29, 1.82) is 0 Å². The Morgan fingerprint density at radius 1 is 1.00 bits per heavy atom. The Balaban J connectivity index is 1.95. The van der Waals surface area contributed by atoms with E-state index in [0.717, 1.165) is 5.56 Å². The van der Waals surface area contributed by atoms with Crippen LogP contribution in [-0.2, 0) is 19.9 Å². The predicted molar refractivity (Wildman–Crippen MR) is 117 cm³/mol. The van der Waals surface area contributed by atoms with Crippen molar-refractivity contribution in [3.8, 4) is 0 Å². The quantitative estimate of drug-likeness (QED) is 0.552. The molecule has 5 nitrogen and oxygen atoms in total. The van der Waals surface area contributed by atoms with Crippen LogP contribution in [0.4, 0.5) is 0 Å². The van der Waals surface area contributed by atoms with Gasteiger partial charge in [0, 0.05) is 16.4 Å². The van der Waals surface area contributed by atoms with E-state index in [0.29, 0.717) is 15.5 Å². The summed E-state index contributed by atoms with van der Waals surface area (Å²) in [6, 6.07) is 14.4. The van der Waals surface area contributed by atoms with Gasteiger partial charge in [0.1, 0.15) is 5.25 Å². The fraction of sp³-hybridized carbons (Fsp3) is 0.200. The van der Waals surface area contributed by atoms with Crippen molar-refractivity contribution in [3.05, 3.63) is 81.0 Å². The van der Waals surface area contributed by atoms with Crippen molar-refractivity contribution >= 4 is 42.8 Å². The first-order chi connectivity index (χ1) is 13.6. The van der Waals surface area contributed by atoms with Crippen LogP contribution in [0.2, 0.25) is 5.02 Å². The molecule has 1 N–H and O–H groups in total. The Morgan fingerprint density at radius 3 is 2.31 bits per heavy atom. The van der Waals surface area contributed by atoms with Gasteiger partial charge >= 0.3 is 0 Å². The molecule has 0 saturated carbocycles. The van der Waals surface area contributed by atoms with Crippen molar-refractivity contribution in [1.82, 2.24) is 4.72 Å². The van der Waals surface area contributed by atoms with Crippen LogP contribution in [0.25, 0.3) is 0 Å².